The molecule has 0 saturated carbocycles. The van der Waals surface area contributed by atoms with E-state index in [-0.39, 0.29) is 5.84 Å². The second-order valence-electron chi connectivity index (χ2n) is 2.69. The van der Waals surface area contributed by atoms with Crippen LogP contribution in [0.3, 0.4) is 0 Å². The van der Waals surface area contributed by atoms with Crippen LogP contribution in [0.15, 0.2) is 34.5 Å². The molecule has 16 heavy (non-hydrogen) atoms. The lowest BCUT2D eigenvalue weighted by molar-refractivity contribution is -0.140. The Bertz CT molecular complexity index is 463. The van der Waals surface area contributed by atoms with Gasteiger partial charge in [-0.1, -0.05) is 28.9 Å². The first-order valence-corrected chi connectivity index (χ1v) is 4.58. The maximum absolute atomic E-state index is 10.6. The highest BCUT2D eigenvalue weighted by atomic mass is 35.5. The Hall–Kier alpha value is -2.04. The maximum Gasteiger partial charge on any atom is 0.331 e. The fourth-order valence-corrected chi connectivity index (χ4v) is 1.00. The van der Waals surface area contributed by atoms with Gasteiger partial charge in [0.15, 0.2) is 5.84 Å². The van der Waals surface area contributed by atoms with Gasteiger partial charge in [0.05, 0.1) is 0 Å². The third kappa shape index (κ3) is 3.61. The highest BCUT2D eigenvalue weighted by molar-refractivity contribution is 6.30. The van der Waals surface area contributed by atoms with Gasteiger partial charge in [-0.15, -0.1) is 0 Å². The van der Waals surface area contributed by atoms with Crippen molar-refractivity contribution >= 4 is 23.4 Å². The summed E-state index contributed by atoms with van der Waals surface area (Å²) >= 11 is 5.69. The normalized spacial score (nSPS) is 10.5. The molecule has 0 spiro atoms. The van der Waals surface area contributed by atoms with E-state index in [9.17, 15) is 4.79 Å². The second-order valence-corrected chi connectivity index (χ2v) is 3.13. The molecule has 0 bridgehead atoms. The monoisotopic (exact) mass is 238 g/mol. The molecule has 0 heterocycles. The van der Waals surface area contributed by atoms with Gasteiger partial charge in [-0.05, 0) is 22.8 Å². The predicted molar refractivity (Wildman–Crippen MR) is 58.9 cm³/mol. The van der Waals surface area contributed by atoms with E-state index < -0.39 is 5.97 Å². The van der Waals surface area contributed by atoms with Crippen LogP contribution in [-0.2, 0) is 9.63 Å². The summed E-state index contributed by atoms with van der Waals surface area (Å²) in [6, 6.07) is 6.40. The molecule has 0 amide bonds. The third-order valence-corrected chi connectivity index (χ3v) is 1.75. The van der Waals surface area contributed by atoms with Gasteiger partial charge in [0.2, 0.25) is 0 Å². The maximum atomic E-state index is 10.6. The standard InChI is InChI=1S/C9H7ClN4O2/c1-6(15)16-13-9(12-14-11)7-2-4-8(10)5-3-7/h2-5H,1H3/b13-9-. The number of halogens is 1. The van der Waals surface area contributed by atoms with E-state index in [0.29, 0.717) is 10.6 Å². The summed E-state index contributed by atoms with van der Waals surface area (Å²) in [5.74, 6) is -0.631. The SMILES string of the molecule is CC(=O)O/N=C(\N=[N+]=[N-])c1ccc(Cl)cc1. The minimum Gasteiger partial charge on any atom is -0.318 e. The van der Waals surface area contributed by atoms with Crippen LogP contribution in [0, 0.1) is 0 Å². The average molecular weight is 239 g/mol. The first-order chi connectivity index (χ1) is 7.63. The molecule has 0 unspecified atom stereocenters. The molecule has 1 aromatic rings. The number of amidine groups is 1. The molecule has 0 fully saturated rings. The van der Waals surface area contributed by atoms with Crippen molar-refractivity contribution in [2.75, 3.05) is 0 Å². The quantitative estimate of drug-likeness (QED) is 0.151. The molecule has 0 aliphatic rings. The molecule has 1 aromatic carbocycles. The van der Waals surface area contributed by atoms with Crippen LogP contribution in [-0.4, -0.2) is 11.8 Å². The van der Waals surface area contributed by atoms with Crippen molar-refractivity contribution < 1.29 is 9.63 Å². The molecule has 0 N–H and O–H groups in total. The fourth-order valence-electron chi connectivity index (χ4n) is 0.878. The summed E-state index contributed by atoms with van der Waals surface area (Å²) in [6.07, 6.45) is 0. The zero-order valence-electron chi connectivity index (χ0n) is 8.29. The van der Waals surface area contributed by atoms with Gasteiger partial charge < -0.3 is 4.84 Å². The Morgan fingerprint density at radius 1 is 1.44 bits per heavy atom. The van der Waals surface area contributed by atoms with E-state index in [2.05, 4.69) is 20.0 Å². The number of rotatable bonds is 2. The molecule has 0 aromatic heterocycles. The van der Waals surface area contributed by atoms with Crippen molar-refractivity contribution in [2.45, 2.75) is 6.92 Å². The fraction of sp³-hybridized carbons (Fsp3) is 0.111. The van der Waals surface area contributed by atoms with Crippen LogP contribution in [0.4, 0.5) is 0 Å². The largest absolute Gasteiger partial charge is 0.331 e. The molecule has 0 atom stereocenters. The molecule has 6 nitrogen and oxygen atoms in total. The molecule has 1 rings (SSSR count). The Kier molecular flexibility index (Phi) is 4.32. The lowest BCUT2D eigenvalue weighted by Crippen LogP contribution is -2.00. The molecule has 0 radical (unpaired) electrons. The van der Waals surface area contributed by atoms with Crippen molar-refractivity contribution in [3.63, 3.8) is 0 Å². The number of carbonyl (C=O) groups is 1. The van der Waals surface area contributed by atoms with E-state index in [4.69, 9.17) is 17.1 Å². The minimum absolute atomic E-state index is 0.0330. The Labute approximate surface area is 96.1 Å². The summed E-state index contributed by atoms with van der Waals surface area (Å²) in [6.45, 7) is 1.19. The zero-order valence-corrected chi connectivity index (χ0v) is 9.05. The van der Waals surface area contributed by atoms with Crippen LogP contribution in [0.1, 0.15) is 12.5 Å². The van der Waals surface area contributed by atoms with Crippen LogP contribution in [0.5, 0.6) is 0 Å². The number of oxime groups is 1. The Morgan fingerprint density at radius 3 is 2.56 bits per heavy atom. The average Bonchev–Trinajstić information content (AvgIpc) is 2.25. The molecule has 0 aliphatic carbocycles. The second kappa shape index (κ2) is 5.75. The summed E-state index contributed by atoms with van der Waals surface area (Å²) in [5.41, 5.74) is 8.83. The van der Waals surface area contributed by atoms with E-state index in [1.54, 1.807) is 24.3 Å². The van der Waals surface area contributed by atoms with Gasteiger partial charge in [0, 0.05) is 22.4 Å². The Morgan fingerprint density at radius 2 is 2.06 bits per heavy atom. The highest BCUT2D eigenvalue weighted by Crippen LogP contribution is 2.11. The summed E-state index contributed by atoms with van der Waals surface area (Å²) < 4.78 is 0. The van der Waals surface area contributed by atoms with E-state index in [0.717, 1.165) is 0 Å². The topological polar surface area (TPSA) is 87.4 Å². The molecule has 82 valence electrons. The molecule has 0 aliphatic heterocycles. The van der Waals surface area contributed by atoms with Gasteiger partial charge in [-0.25, -0.2) is 4.79 Å². The van der Waals surface area contributed by atoms with Crippen LogP contribution in [0.2, 0.25) is 5.02 Å². The van der Waals surface area contributed by atoms with Gasteiger partial charge in [0.1, 0.15) is 0 Å². The van der Waals surface area contributed by atoms with E-state index in [1.165, 1.54) is 6.92 Å². The molecular weight excluding hydrogens is 232 g/mol. The number of carbonyl (C=O) groups excluding carboxylic acids is 1. The molecule has 7 heteroatoms. The number of hydrogen-bond acceptors (Lipinski definition) is 3. The number of azide groups is 1. The number of benzene rings is 1. The van der Waals surface area contributed by atoms with Crippen molar-refractivity contribution in [1.29, 1.82) is 0 Å². The number of hydrogen-bond donors (Lipinski definition) is 0. The van der Waals surface area contributed by atoms with Crippen LogP contribution in [0.25, 0.3) is 10.4 Å². The zero-order chi connectivity index (χ0) is 12.0. The highest BCUT2D eigenvalue weighted by Gasteiger charge is 2.02. The lowest BCUT2D eigenvalue weighted by atomic mass is 10.2. The van der Waals surface area contributed by atoms with Gasteiger partial charge >= 0.3 is 5.97 Å². The van der Waals surface area contributed by atoms with Crippen LogP contribution < -0.4 is 0 Å². The van der Waals surface area contributed by atoms with Gasteiger partial charge in [-0.2, -0.15) is 0 Å². The summed E-state index contributed by atoms with van der Waals surface area (Å²) in [7, 11) is 0. The Balaban J connectivity index is 3.02. The van der Waals surface area contributed by atoms with Crippen molar-refractivity contribution in [3.05, 3.63) is 45.3 Å². The smallest absolute Gasteiger partial charge is 0.318 e. The molecular formula is C9H7ClN4O2. The first kappa shape index (κ1) is 12.0. The van der Waals surface area contributed by atoms with Crippen LogP contribution >= 0.6 is 11.6 Å². The first-order valence-electron chi connectivity index (χ1n) is 4.20. The van der Waals surface area contributed by atoms with Gasteiger partial charge in [-0.3, -0.25) is 0 Å². The van der Waals surface area contributed by atoms with Gasteiger partial charge in [0.25, 0.3) is 0 Å². The summed E-state index contributed by atoms with van der Waals surface area (Å²) in [4.78, 5) is 17.5. The summed E-state index contributed by atoms with van der Waals surface area (Å²) in [5, 5.41) is 7.26. The van der Waals surface area contributed by atoms with Crippen molar-refractivity contribution in [3.8, 4) is 0 Å². The lowest BCUT2D eigenvalue weighted by Gasteiger charge is -1.99. The molecule has 0 saturated heterocycles. The predicted octanol–water partition coefficient (Wildman–Crippen LogP) is 2.88. The van der Waals surface area contributed by atoms with Crippen molar-refractivity contribution in [1.82, 2.24) is 0 Å². The third-order valence-electron chi connectivity index (χ3n) is 1.50. The van der Waals surface area contributed by atoms with E-state index in [1.807, 2.05) is 0 Å². The minimum atomic E-state index is -0.598. The number of nitrogens with zero attached hydrogens (tertiary/aromatic N) is 4. The van der Waals surface area contributed by atoms with Crippen molar-refractivity contribution in [2.24, 2.45) is 10.3 Å². The van der Waals surface area contributed by atoms with E-state index >= 15 is 0 Å².